The molecule has 1 fully saturated rings. The Bertz CT molecular complexity index is 612. The monoisotopic (exact) mass is 335 g/mol. The molecule has 1 amide bonds. The number of ether oxygens (including phenoxy) is 1. The number of carbonyl (C=O) groups is 1. The zero-order valence-electron chi connectivity index (χ0n) is 13.7. The molecule has 23 heavy (non-hydrogen) atoms. The van der Waals surface area contributed by atoms with Crippen molar-refractivity contribution in [2.45, 2.75) is 20.0 Å². The molecular formula is C16H22N3O3P. The van der Waals surface area contributed by atoms with Crippen LogP contribution in [-0.2, 0) is 9.57 Å². The van der Waals surface area contributed by atoms with Crippen LogP contribution in [0.5, 0.6) is 0 Å². The van der Waals surface area contributed by atoms with Crippen molar-refractivity contribution in [3.63, 3.8) is 0 Å². The Labute approximate surface area is 138 Å². The molecule has 0 aliphatic carbocycles. The van der Waals surface area contributed by atoms with Gasteiger partial charge in [0.15, 0.2) is 0 Å². The first-order valence-electron chi connectivity index (χ1n) is 7.76. The topological polar surface area (TPSA) is 54.4 Å². The first kappa shape index (κ1) is 16.1. The van der Waals surface area contributed by atoms with E-state index < -0.39 is 0 Å². The minimum Gasteiger partial charge on any atom is -0.444 e. The average Bonchev–Trinajstić information content (AvgIpc) is 2.89. The molecule has 0 aromatic heterocycles. The van der Waals surface area contributed by atoms with Gasteiger partial charge in [0.2, 0.25) is 0 Å². The Morgan fingerprint density at radius 3 is 2.70 bits per heavy atom. The van der Waals surface area contributed by atoms with Gasteiger partial charge in [0.05, 0.1) is 13.1 Å². The normalized spacial score (nSPS) is 21.2. The fourth-order valence-electron chi connectivity index (χ4n) is 3.12. The Morgan fingerprint density at radius 1 is 1.35 bits per heavy atom. The Morgan fingerprint density at radius 2 is 2.09 bits per heavy atom. The Hall–Kier alpha value is -1.81. The van der Waals surface area contributed by atoms with Gasteiger partial charge in [-0.25, -0.2) is 4.79 Å². The third-order valence-corrected chi connectivity index (χ3v) is 4.93. The van der Waals surface area contributed by atoms with Crippen molar-refractivity contribution < 1.29 is 14.4 Å². The van der Waals surface area contributed by atoms with Crippen molar-refractivity contribution in [1.29, 1.82) is 0 Å². The number of oxime groups is 1. The van der Waals surface area contributed by atoms with Gasteiger partial charge < -0.3 is 14.5 Å². The molecule has 0 N–H and O–H groups in total. The van der Waals surface area contributed by atoms with E-state index in [9.17, 15) is 4.79 Å². The highest BCUT2D eigenvalue weighted by atomic mass is 31.1. The maximum absolute atomic E-state index is 12.1. The third-order valence-electron chi connectivity index (χ3n) is 4.07. The van der Waals surface area contributed by atoms with Gasteiger partial charge in [0.25, 0.3) is 0 Å². The van der Waals surface area contributed by atoms with Crippen LogP contribution in [0.3, 0.4) is 0 Å². The lowest BCUT2D eigenvalue weighted by atomic mass is 10.1. The van der Waals surface area contributed by atoms with E-state index in [0.717, 1.165) is 43.8 Å². The van der Waals surface area contributed by atoms with Crippen molar-refractivity contribution in [1.82, 2.24) is 0 Å². The highest BCUT2D eigenvalue weighted by Crippen LogP contribution is 2.32. The van der Waals surface area contributed by atoms with E-state index in [2.05, 4.69) is 30.6 Å². The van der Waals surface area contributed by atoms with Crippen molar-refractivity contribution in [3.05, 3.63) is 23.3 Å². The molecule has 2 aliphatic heterocycles. The van der Waals surface area contributed by atoms with Crippen LogP contribution in [0.4, 0.5) is 16.2 Å². The second kappa shape index (κ2) is 6.75. The predicted octanol–water partition coefficient (Wildman–Crippen LogP) is 2.72. The third kappa shape index (κ3) is 3.27. The summed E-state index contributed by atoms with van der Waals surface area (Å²) in [6.07, 6.45) is 2.41. The fourth-order valence-corrected chi connectivity index (χ4v) is 3.79. The highest BCUT2D eigenvalue weighted by Gasteiger charge is 2.32. The van der Waals surface area contributed by atoms with E-state index in [1.165, 1.54) is 0 Å². The van der Waals surface area contributed by atoms with E-state index in [1.807, 2.05) is 12.1 Å². The summed E-state index contributed by atoms with van der Waals surface area (Å²) in [5, 5.41) is 3.88. The Kier molecular flexibility index (Phi) is 4.71. The molecule has 1 aromatic carbocycles. The zero-order chi connectivity index (χ0) is 16.4. The number of hydrogen-bond donors (Lipinski definition) is 0. The van der Waals surface area contributed by atoms with Gasteiger partial charge in [-0.05, 0) is 43.8 Å². The maximum atomic E-state index is 12.1. The number of carbonyl (C=O) groups excluding carboxylic acids is 1. The van der Waals surface area contributed by atoms with E-state index in [0.29, 0.717) is 13.2 Å². The van der Waals surface area contributed by atoms with Gasteiger partial charge in [-0.3, -0.25) is 4.90 Å². The minimum absolute atomic E-state index is 0.0116. The Balaban J connectivity index is 1.86. The zero-order valence-corrected chi connectivity index (χ0v) is 14.7. The average molecular weight is 335 g/mol. The largest absolute Gasteiger partial charge is 0.444 e. The number of hydrogen-bond acceptors (Lipinski definition) is 5. The molecule has 1 unspecified atom stereocenters. The SMILES string of the molecule is CPC[C@H]1CN(c2cc(C)c(N3C=NOCC3)c(C)c2)C(=O)O1. The molecule has 0 saturated carbocycles. The molecule has 0 radical (unpaired) electrons. The molecule has 2 aliphatic rings. The van der Waals surface area contributed by atoms with Crippen LogP contribution in [0, 0.1) is 13.8 Å². The van der Waals surface area contributed by atoms with Crippen LogP contribution in [-0.4, -0.2) is 51.1 Å². The number of nitrogens with zero attached hydrogens (tertiary/aromatic N) is 3. The molecule has 7 heteroatoms. The van der Waals surface area contributed by atoms with Crippen LogP contribution in [0.2, 0.25) is 0 Å². The highest BCUT2D eigenvalue weighted by molar-refractivity contribution is 7.37. The van der Waals surface area contributed by atoms with E-state index in [1.54, 1.807) is 11.2 Å². The lowest BCUT2D eigenvalue weighted by Gasteiger charge is -2.27. The van der Waals surface area contributed by atoms with Crippen LogP contribution >= 0.6 is 8.58 Å². The molecule has 1 aromatic rings. The van der Waals surface area contributed by atoms with Crippen molar-refractivity contribution in [2.24, 2.45) is 5.16 Å². The molecule has 2 atom stereocenters. The second-order valence-electron chi connectivity index (χ2n) is 5.85. The summed E-state index contributed by atoms with van der Waals surface area (Å²) in [7, 11) is 0.788. The lowest BCUT2D eigenvalue weighted by molar-refractivity contribution is 0.145. The van der Waals surface area contributed by atoms with E-state index >= 15 is 0 Å². The fraction of sp³-hybridized carbons (Fsp3) is 0.500. The van der Waals surface area contributed by atoms with Crippen LogP contribution < -0.4 is 9.80 Å². The molecular weight excluding hydrogens is 313 g/mol. The van der Waals surface area contributed by atoms with Crippen LogP contribution in [0.1, 0.15) is 11.1 Å². The molecule has 6 nitrogen and oxygen atoms in total. The molecule has 3 rings (SSSR count). The van der Waals surface area contributed by atoms with Crippen molar-refractivity contribution >= 4 is 32.4 Å². The second-order valence-corrected chi connectivity index (χ2v) is 6.97. The number of rotatable bonds is 4. The first-order valence-corrected chi connectivity index (χ1v) is 9.47. The molecule has 124 valence electrons. The van der Waals surface area contributed by atoms with Gasteiger partial charge in [-0.1, -0.05) is 5.16 Å². The van der Waals surface area contributed by atoms with Crippen molar-refractivity contribution in [3.8, 4) is 0 Å². The summed E-state index contributed by atoms with van der Waals surface area (Å²) in [5.74, 6) is 0. The minimum atomic E-state index is -0.243. The standard InChI is InChI=1S/C16H22N3O3P/c1-11-6-13(19-8-14(9-23-3)22-16(19)20)7-12(2)15(11)18-4-5-21-17-10-18/h6-7,10,14,23H,4-5,8-9H2,1-3H3/t14-/m1/s1. The van der Waals surface area contributed by atoms with Crippen LogP contribution in [0.15, 0.2) is 17.3 Å². The number of cyclic esters (lactones) is 1. The van der Waals surface area contributed by atoms with Crippen molar-refractivity contribution in [2.75, 3.05) is 42.3 Å². The summed E-state index contributed by atoms with van der Waals surface area (Å²) >= 11 is 0. The number of aryl methyl sites for hydroxylation is 2. The first-order chi connectivity index (χ1) is 11.1. The smallest absolute Gasteiger partial charge is 0.414 e. The molecule has 1 saturated heterocycles. The summed E-state index contributed by atoms with van der Waals surface area (Å²) in [5.41, 5.74) is 4.25. The van der Waals surface area contributed by atoms with Gasteiger partial charge in [0.1, 0.15) is 19.0 Å². The van der Waals surface area contributed by atoms with Gasteiger partial charge in [-0.15, -0.1) is 8.58 Å². The lowest BCUT2D eigenvalue weighted by Crippen LogP contribution is -2.31. The number of amides is 1. The summed E-state index contributed by atoms with van der Waals surface area (Å²) < 4.78 is 5.44. The van der Waals surface area contributed by atoms with Gasteiger partial charge >= 0.3 is 6.09 Å². The van der Waals surface area contributed by atoms with Crippen LogP contribution in [0.25, 0.3) is 0 Å². The maximum Gasteiger partial charge on any atom is 0.414 e. The summed E-state index contributed by atoms with van der Waals surface area (Å²) in [6.45, 7) is 8.23. The predicted molar refractivity (Wildman–Crippen MR) is 94.4 cm³/mol. The molecule has 2 heterocycles. The molecule has 0 bridgehead atoms. The van der Waals surface area contributed by atoms with Gasteiger partial charge in [0, 0.05) is 17.5 Å². The van der Waals surface area contributed by atoms with E-state index in [-0.39, 0.29) is 12.2 Å². The summed E-state index contributed by atoms with van der Waals surface area (Å²) in [4.78, 5) is 21.0. The van der Waals surface area contributed by atoms with E-state index in [4.69, 9.17) is 9.57 Å². The summed E-state index contributed by atoms with van der Waals surface area (Å²) in [6, 6.07) is 4.09. The molecule has 0 spiro atoms. The number of benzene rings is 1. The van der Waals surface area contributed by atoms with Gasteiger partial charge in [-0.2, -0.15) is 0 Å². The quantitative estimate of drug-likeness (QED) is 0.794. The number of anilines is 2.